The van der Waals surface area contributed by atoms with Crippen LogP contribution in [-0.4, -0.2) is 55.1 Å². The lowest BCUT2D eigenvalue weighted by Gasteiger charge is -2.37. The molecule has 1 aliphatic rings. The van der Waals surface area contributed by atoms with E-state index in [-0.39, 0.29) is 31.2 Å². The smallest absolute Gasteiger partial charge is 0.407 e. The summed E-state index contributed by atoms with van der Waals surface area (Å²) in [6.45, 7) is 0.0946. The van der Waals surface area contributed by atoms with Crippen LogP contribution in [0.5, 0.6) is 5.75 Å². The lowest BCUT2D eigenvalue weighted by Crippen LogP contribution is -2.44. The zero-order valence-corrected chi connectivity index (χ0v) is 21.3. The topological polar surface area (TPSA) is 126 Å². The number of likely N-dealkylation sites (tertiary alicyclic amines) is 1. The van der Waals surface area contributed by atoms with E-state index in [9.17, 15) is 27.5 Å². The van der Waals surface area contributed by atoms with Gasteiger partial charge in [-0.15, -0.1) is 0 Å². The molecule has 0 radical (unpaired) electrons. The summed E-state index contributed by atoms with van der Waals surface area (Å²) >= 11 is 5.98. The molecule has 2 N–H and O–H groups in total. The molecule has 1 fully saturated rings. The lowest BCUT2D eigenvalue weighted by molar-refractivity contribution is 0.0924. The molecular formula is C25H22ClF2N3O6S. The molecular weight excluding hydrogens is 544 g/mol. The van der Waals surface area contributed by atoms with E-state index < -0.39 is 50.2 Å². The number of hydrogen-bond acceptors (Lipinski definition) is 6. The second-order valence-electron chi connectivity index (χ2n) is 8.64. The van der Waals surface area contributed by atoms with Gasteiger partial charge in [0.1, 0.15) is 10.7 Å². The van der Waals surface area contributed by atoms with Crippen LogP contribution in [0.25, 0.3) is 0 Å². The number of nitrogens with one attached hydrogen (secondary N) is 1. The predicted molar refractivity (Wildman–Crippen MR) is 133 cm³/mol. The number of ether oxygens (including phenoxy) is 1. The molecule has 1 aromatic heterocycles. The number of sulfonamides is 1. The van der Waals surface area contributed by atoms with Crippen LogP contribution in [0.2, 0.25) is 5.02 Å². The second-order valence-corrected chi connectivity index (χ2v) is 10.7. The van der Waals surface area contributed by atoms with Gasteiger partial charge >= 0.3 is 6.09 Å². The third kappa shape index (κ3) is 6.20. The van der Waals surface area contributed by atoms with Crippen LogP contribution in [0.3, 0.4) is 0 Å². The van der Waals surface area contributed by atoms with Crippen LogP contribution in [-0.2, 0) is 10.0 Å². The first-order valence-corrected chi connectivity index (χ1v) is 13.2. The van der Waals surface area contributed by atoms with Crippen molar-refractivity contribution in [1.82, 2.24) is 14.6 Å². The standard InChI is InChI=1S/C25H22ClF2N3O6S/c26-18-5-3-15(4-6-18)20-7-9-31(25(33)34)13-17(20)14-37-21-10-19(27)11-22(23(21)28)38(35,36)30-24(32)16-2-1-8-29-12-16/h1-6,8,10-12,17,20H,7,9,13-14H2,(H,30,32)(H,33,34)/t17-,20-/m1/s1. The van der Waals surface area contributed by atoms with E-state index in [0.717, 1.165) is 11.8 Å². The molecule has 1 aliphatic heterocycles. The van der Waals surface area contributed by atoms with Crippen molar-refractivity contribution >= 4 is 33.6 Å². The van der Waals surface area contributed by atoms with E-state index in [1.54, 1.807) is 29.0 Å². The number of piperidine rings is 1. The molecule has 2 amide bonds. The molecule has 0 saturated carbocycles. The maximum absolute atomic E-state index is 15.3. The largest absolute Gasteiger partial charge is 0.490 e. The molecule has 0 aliphatic carbocycles. The number of aromatic nitrogens is 1. The Morgan fingerprint density at radius 2 is 1.92 bits per heavy atom. The van der Waals surface area contributed by atoms with Crippen molar-refractivity contribution in [2.45, 2.75) is 17.2 Å². The minimum atomic E-state index is -4.83. The quantitative estimate of drug-likeness (QED) is 0.437. The molecule has 4 rings (SSSR count). The first-order chi connectivity index (χ1) is 18.0. The number of carbonyl (C=O) groups excluding carboxylic acids is 1. The molecule has 2 heterocycles. The lowest BCUT2D eigenvalue weighted by atomic mass is 9.81. The predicted octanol–water partition coefficient (Wildman–Crippen LogP) is 4.29. The number of benzene rings is 2. The van der Waals surface area contributed by atoms with Gasteiger partial charge in [0.15, 0.2) is 11.6 Å². The zero-order chi connectivity index (χ0) is 27.4. The maximum Gasteiger partial charge on any atom is 0.407 e. The van der Waals surface area contributed by atoms with E-state index in [2.05, 4.69) is 4.98 Å². The number of carbonyl (C=O) groups is 2. The van der Waals surface area contributed by atoms with E-state index >= 15 is 4.39 Å². The number of pyridine rings is 1. The van der Waals surface area contributed by atoms with Gasteiger partial charge in [-0.3, -0.25) is 9.78 Å². The van der Waals surface area contributed by atoms with Crippen LogP contribution in [0.15, 0.2) is 65.8 Å². The van der Waals surface area contributed by atoms with Gasteiger partial charge < -0.3 is 14.7 Å². The molecule has 2 aromatic carbocycles. The van der Waals surface area contributed by atoms with Gasteiger partial charge in [0, 0.05) is 42.5 Å². The number of rotatable bonds is 7. The summed E-state index contributed by atoms with van der Waals surface area (Å²) in [4.78, 5) is 27.6. The number of hydrogen-bond donors (Lipinski definition) is 2. The van der Waals surface area contributed by atoms with Crippen LogP contribution >= 0.6 is 11.6 Å². The Bertz CT molecular complexity index is 1440. The first-order valence-electron chi connectivity index (χ1n) is 11.4. The van der Waals surface area contributed by atoms with Crippen molar-refractivity contribution in [3.63, 3.8) is 0 Å². The normalized spacial score (nSPS) is 17.6. The van der Waals surface area contributed by atoms with E-state index in [0.29, 0.717) is 23.6 Å². The molecule has 200 valence electrons. The molecule has 38 heavy (non-hydrogen) atoms. The van der Waals surface area contributed by atoms with Crippen LogP contribution in [0, 0.1) is 17.6 Å². The van der Waals surface area contributed by atoms with Gasteiger partial charge in [-0.2, -0.15) is 0 Å². The van der Waals surface area contributed by atoms with Crippen molar-refractivity contribution < 1.29 is 36.6 Å². The highest BCUT2D eigenvalue weighted by atomic mass is 35.5. The Morgan fingerprint density at radius 3 is 2.58 bits per heavy atom. The summed E-state index contributed by atoms with van der Waals surface area (Å²) in [6.07, 6.45) is 1.82. The second kappa shape index (κ2) is 11.3. The fourth-order valence-corrected chi connectivity index (χ4v) is 5.50. The van der Waals surface area contributed by atoms with E-state index in [4.69, 9.17) is 16.3 Å². The summed E-state index contributed by atoms with van der Waals surface area (Å²) in [5.41, 5.74) is 0.770. The number of carboxylic acid groups (broad SMARTS) is 1. The highest BCUT2D eigenvalue weighted by molar-refractivity contribution is 7.90. The molecule has 1 saturated heterocycles. The Balaban J connectivity index is 1.57. The molecule has 0 unspecified atom stereocenters. The first kappa shape index (κ1) is 27.3. The Kier molecular flexibility index (Phi) is 8.12. The van der Waals surface area contributed by atoms with E-state index in [1.165, 1.54) is 23.2 Å². The molecule has 9 nitrogen and oxygen atoms in total. The molecule has 3 aromatic rings. The Labute approximate surface area is 222 Å². The third-order valence-corrected chi connectivity index (χ3v) is 7.75. The van der Waals surface area contributed by atoms with Gasteiger partial charge in [-0.1, -0.05) is 23.7 Å². The number of nitrogens with zero attached hydrogens (tertiary/aromatic N) is 2. The fourth-order valence-electron chi connectivity index (χ4n) is 4.29. The van der Waals surface area contributed by atoms with Crippen molar-refractivity contribution in [3.8, 4) is 5.75 Å². The van der Waals surface area contributed by atoms with Crippen LogP contribution < -0.4 is 9.46 Å². The van der Waals surface area contributed by atoms with Gasteiger partial charge in [-0.25, -0.2) is 26.7 Å². The van der Waals surface area contributed by atoms with Crippen LogP contribution in [0.4, 0.5) is 13.6 Å². The molecule has 13 heteroatoms. The van der Waals surface area contributed by atoms with Gasteiger partial charge in [0.05, 0.1) is 12.2 Å². The highest BCUT2D eigenvalue weighted by Gasteiger charge is 2.34. The summed E-state index contributed by atoms with van der Waals surface area (Å²) in [5, 5.41) is 9.97. The monoisotopic (exact) mass is 565 g/mol. The maximum atomic E-state index is 15.3. The molecule has 2 atom stereocenters. The molecule has 0 bridgehead atoms. The van der Waals surface area contributed by atoms with Gasteiger partial charge in [0.2, 0.25) is 0 Å². The molecule has 0 spiro atoms. The Morgan fingerprint density at radius 1 is 1.18 bits per heavy atom. The Hall–Kier alpha value is -3.77. The summed E-state index contributed by atoms with van der Waals surface area (Å²) in [5.74, 6) is -4.92. The van der Waals surface area contributed by atoms with Crippen molar-refractivity contribution in [3.05, 3.63) is 88.7 Å². The minimum Gasteiger partial charge on any atom is -0.490 e. The fraction of sp³-hybridized carbons (Fsp3) is 0.240. The summed E-state index contributed by atoms with van der Waals surface area (Å²) in [6, 6.07) is 10.8. The van der Waals surface area contributed by atoms with E-state index in [1.807, 2.05) is 0 Å². The van der Waals surface area contributed by atoms with Crippen LogP contribution in [0.1, 0.15) is 28.3 Å². The number of halogens is 3. The highest BCUT2D eigenvalue weighted by Crippen LogP contribution is 2.35. The average Bonchev–Trinajstić information content (AvgIpc) is 2.89. The van der Waals surface area contributed by atoms with Gasteiger partial charge in [0.25, 0.3) is 15.9 Å². The zero-order valence-electron chi connectivity index (χ0n) is 19.7. The van der Waals surface area contributed by atoms with Crippen molar-refractivity contribution in [1.29, 1.82) is 0 Å². The minimum absolute atomic E-state index is 0.0614. The van der Waals surface area contributed by atoms with Crippen molar-refractivity contribution in [2.24, 2.45) is 5.92 Å². The van der Waals surface area contributed by atoms with Crippen molar-refractivity contribution in [2.75, 3.05) is 19.7 Å². The average molecular weight is 566 g/mol. The summed E-state index contributed by atoms with van der Waals surface area (Å²) in [7, 11) is -4.83. The third-order valence-electron chi connectivity index (χ3n) is 6.17. The SMILES string of the molecule is O=C(NS(=O)(=O)c1cc(F)cc(OC[C@H]2CN(C(=O)O)CC[C@@H]2c2ccc(Cl)cc2)c1F)c1cccnc1. The van der Waals surface area contributed by atoms with Gasteiger partial charge in [-0.05, 0) is 48.2 Å². The number of amides is 2. The summed E-state index contributed by atoms with van der Waals surface area (Å²) < 4.78 is 62.3.